The molecule has 4 heterocycles. The lowest BCUT2D eigenvalue weighted by Gasteiger charge is -2.37. The number of ether oxygens (including phenoxy) is 1. The molecule has 1 N–H and O–H groups in total. The Labute approximate surface area is 181 Å². The number of aliphatic hydroxyl groups is 1. The van der Waals surface area contributed by atoms with Crippen molar-refractivity contribution in [1.29, 1.82) is 0 Å². The van der Waals surface area contributed by atoms with E-state index >= 15 is 0 Å². The normalized spacial score (nSPS) is 19.8. The van der Waals surface area contributed by atoms with Crippen molar-refractivity contribution in [3.63, 3.8) is 0 Å². The maximum Gasteiger partial charge on any atom is 0.248 e. The molecule has 0 aliphatic carbocycles. The van der Waals surface area contributed by atoms with Crippen LogP contribution in [0.5, 0.6) is 0 Å². The van der Waals surface area contributed by atoms with Crippen molar-refractivity contribution in [2.45, 2.75) is 25.0 Å². The summed E-state index contributed by atoms with van der Waals surface area (Å²) in [7, 11) is 1.52. The van der Waals surface area contributed by atoms with Crippen LogP contribution in [-0.2, 0) is 21.7 Å². The summed E-state index contributed by atoms with van der Waals surface area (Å²) in [5.41, 5.74) is -0.204. The van der Waals surface area contributed by atoms with E-state index in [0.29, 0.717) is 25.9 Å². The van der Waals surface area contributed by atoms with Gasteiger partial charge in [0.25, 0.3) is 0 Å². The molecule has 0 unspecified atom stereocenters. The van der Waals surface area contributed by atoms with Gasteiger partial charge >= 0.3 is 0 Å². The zero-order valence-corrected chi connectivity index (χ0v) is 18.2. The van der Waals surface area contributed by atoms with E-state index in [1.807, 2.05) is 23.7 Å². The topological polar surface area (TPSA) is 82.0 Å². The monoisotopic (exact) mass is 431 g/mol. The van der Waals surface area contributed by atoms with Crippen molar-refractivity contribution in [3.05, 3.63) is 40.5 Å². The second kappa shape index (κ2) is 9.38. The zero-order valence-electron chi connectivity index (χ0n) is 17.4. The highest BCUT2D eigenvalue weighted by molar-refractivity contribution is 7.09. The molecule has 2 saturated heterocycles. The molecule has 0 radical (unpaired) electrons. The fraction of sp³-hybridized carbons (Fsp3) is 0.571. The molecular weight excluding hydrogens is 402 g/mol. The van der Waals surface area contributed by atoms with Gasteiger partial charge in [0.2, 0.25) is 5.91 Å². The van der Waals surface area contributed by atoms with Crippen LogP contribution in [0.4, 0.5) is 5.82 Å². The van der Waals surface area contributed by atoms with Crippen molar-refractivity contribution in [2.24, 2.45) is 0 Å². The van der Waals surface area contributed by atoms with Crippen LogP contribution < -0.4 is 4.90 Å². The Morgan fingerprint density at radius 2 is 1.97 bits per heavy atom. The first-order valence-corrected chi connectivity index (χ1v) is 11.3. The Hall–Kier alpha value is -2.07. The number of thiazole rings is 1. The molecule has 1 amide bonds. The Morgan fingerprint density at radius 3 is 2.63 bits per heavy atom. The Balaban J connectivity index is 1.29. The average Bonchev–Trinajstić information content (AvgIpc) is 3.25. The Bertz CT molecular complexity index is 830. The Kier molecular flexibility index (Phi) is 6.62. The highest BCUT2D eigenvalue weighted by Gasteiger charge is 2.37. The number of nitrogens with zero attached hydrogens (tertiary/aromatic N) is 5. The van der Waals surface area contributed by atoms with Gasteiger partial charge in [-0.25, -0.2) is 9.97 Å². The van der Waals surface area contributed by atoms with E-state index in [1.165, 1.54) is 7.11 Å². The standard InChI is InChI=1S/C21H29N5O3S/c1-29-15-20(27)26-8-5-21(28,6-9-26)17-16-30-19(23-17)14-24-10-12-25(13-11-24)18-4-2-3-7-22-18/h2-4,7,16,28H,5-6,8-15H2,1H3. The summed E-state index contributed by atoms with van der Waals surface area (Å²) in [5, 5.41) is 14.1. The number of carbonyl (C=O) groups excluding carboxylic acids is 1. The van der Waals surface area contributed by atoms with E-state index in [0.717, 1.165) is 49.2 Å². The quantitative estimate of drug-likeness (QED) is 0.739. The number of aromatic nitrogens is 2. The van der Waals surface area contributed by atoms with Gasteiger partial charge in [0.1, 0.15) is 23.0 Å². The lowest BCUT2D eigenvalue weighted by Crippen LogP contribution is -2.46. The number of amides is 1. The van der Waals surface area contributed by atoms with Gasteiger partial charge in [0.15, 0.2) is 0 Å². The van der Waals surface area contributed by atoms with Crippen LogP contribution in [0.25, 0.3) is 0 Å². The van der Waals surface area contributed by atoms with Gasteiger partial charge in [-0.15, -0.1) is 11.3 Å². The summed E-state index contributed by atoms with van der Waals surface area (Å²) in [6.07, 6.45) is 2.85. The van der Waals surface area contributed by atoms with Crippen LogP contribution in [0.1, 0.15) is 23.5 Å². The third-order valence-electron chi connectivity index (χ3n) is 5.94. The Morgan fingerprint density at radius 1 is 1.20 bits per heavy atom. The molecule has 0 atom stereocenters. The molecule has 2 aliphatic rings. The summed E-state index contributed by atoms with van der Waals surface area (Å²) in [6, 6.07) is 6.02. The third-order valence-corrected chi connectivity index (χ3v) is 6.78. The van der Waals surface area contributed by atoms with Crippen LogP contribution in [0.2, 0.25) is 0 Å². The maximum atomic E-state index is 12.0. The van der Waals surface area contributed by atoms with E-state index in [9.17, 15) is 9.90 Å². The number of anilines is 1. The van der Waals surface area contributed by atoms with E-state index in [-0.39, 0.29) is 12.5 Å². The van der Waals surface area contributed by atoms with Crippen molar-refractivity contribution in [2.75, 3.05) is 57.9 Å². The third kappa shape index (κ3) is 4.80. The number of piperidine rings is 1. The minimum Gasteiger partial charge on any atom is -0.383 e. The molecule has 0 spiro atoms. The second-order valence-corrected chi connectivity index (χ2v) is 8.87. The van der Waals surface area contributed by atoms with E-state index in [1.54, 1.807) is 16.2 Å². The first kappa shape index (κ1) is 21.2. The van der Waals surface area contributed by atoms with Gasteiger partial charge in [-0.2, -0.15) is 0 Å². The number of hydrogen-bond acceptors (Lipinski definition) is 8. The molecule has 162 valence electrons. The number of likely N-dealkylation sites (tertiary alicyclic amines) is 1. The largest absolute Gasteiger partial charge is 0.383 e. The molecule has 0 saturated carbocycles. The highest BCUT2D eigenvalue weighted by Crippen LogP contribution is 2.33. The molecule has 9 heteroatoms. The SMILES string of the molecule is COCC(=O)N1CCC(O)(c2csc(CN3CCN(c4ccccn4)CC3)n2)CC1. The molecule has 0 bridgehead atoms. The van der Waals surface area contributed by atoms with Crippen LogP contribution in [-0.4, -0.2) is 83.8 Å². The molecule has 2 aromatic heterocycles. The van der Waals surface area contributed by atoms with Crippen LogP contribution in [0.15, 0.2) is 29.8 Å². The smallest absolute Gasteiger partial charge is 0.248 e. The molecule has 2 fully saturated rings. The minimum absolute atomic E-state index is 0.0247. The van der Waals surface area contributed by atoms with E-state index in [4.69, 9.17) is 9.72 Å². The van der Waals surface area contributed by atoms with Gasteiger partial charge in [-0.05, 0) is 25.0 Å². The van der Waals surface area contributed by atoms with Gasteiger partial charge < -0.3 is 19.6 Å². The van der Waals surface area contributed by atoms with Crippen LogP contribution in [0, 0.1) is 0 Å². The molecular formula is C21H29N5O3S. The summed E-state index contributed by atoms with van der Waals surface area (Å²) in [5.74, 6) is 1.01. The van der Waals surface area contributed by atoms with Crippen LogP contribution >= 0.6 is 11.3 Å². The van der Waals surface area contributed by atoms with Crippen molar-refractivity contribution in [1.82, 2.24) is 19.8 Å². The second-order valence-electron chi connectivity index (χ2n) is 7.92. The number of methoxy groups -OCH3 is 1. The summed E-state index contributed by atoms with van der Waals surface area (Å²) >= 11 is 1.61. The highest BCUT2D eigenvalue weighted by atomic mass is 32.1. The summed E-state index contributed by atoms with van der Waals surface area (Å²) in [4.78, 5) is 27.6. The molecule has 8 nitrogen and oxygen atoms in total. The first-order valence-electron chi connectivity index (χ1n) is 10.4. The number of rotatable bonds is 6. The molecule has 2 aliphatic heterocycles. The maximum absolute atomic E-state index is 12.0. The van der Waals surface area contributed by atoms with Crippen LogP contribution in [0.3, 0.4) is 0 Å². The predicted molar refractivity (Wildman–Crippen MR) is 115 cm³/mol. The molecule has 30 heavy (non-hydrogen) atoms. The van der Waals surface area contributed by atoms with Gasteiger partial charge in [0.05, 0.1) is 12.2 Å². The number of hydrogen-bond donors (Lipinski definition) is 1. The fourth-order valence-corrected chi connectivity index (χ4v) is 4.99. The van der Waals surface area contributed by atoms with Gasteiger partial charge in [-0.1, -0.05) is 6.07 Å². The molecule has 4 rings (SSSR count). The predicted octanol–water partition coefficient (Wildman–Crippen LogP) is 1.32. The minimum atomic E-state index is -0.948. The van der Waals surface area contributed by atoms with Crippen molar-refractivity contribution >= 4 is 23.1 Å². The van der Waals surface area contributed by atoms with Crippen molar-refractivity contribution < 1.29 is 14.6 Å². The summed E-state index contributed by atoms with van der Waals surface area (Å²) < 4.78 is 4.93. The molecule has 2 aromatic rings. The lowest BCUT2D eigenvalue weighted by atomic mass is 9.89. The fourth-order valence-electron chi connectivity index (χ4n) is 4.06. The van der Waals surface area contributed by atoms with Gasteiger partial charge in [-0.3, -0.25) is 9.69 Å². The number of carbonyl (C=O) groups is 1. The number of pyridine rings is 1. The van der Waals surface area contributed by atoms with E-state index < -0.39 is 5.60 Å². The van der Waals surface area contributed by atoms with E-state index in [2.05, 4.69) is 20.9 Å². The van der Waals surface area contributed by atoms with Crippen molar-refractivity contribution in [3.8, 4) is 0 Å². The lowest BCUT2D eigenvalue weighted by molar-refractivity contribution is -0.139. The molecule has 0 aromatic carbocycles. The van der Waals surface area contributed by atoms with Gasteiger partial charge in [0, 0.05) is 58.0 Å². The first-order chi connectivity index (χ1) is 14.6. The number of piperazine rings is 1. The zero-order chi connectivity index (χ0) is 21.0. The average molecular weight is 432 g/mol. The summed E-state index contributed by atoms with van der Waals surface area (Å²) in [6.45, 7) is 5.78.